The van der Waals surface area contributed by atoms with E-state index in [2.05, 4.69) is 19.1 Å². The molecule has 0 spiro atoms. The van der Waals surface area contributed by atoms with E-state index in [1.807, 2.05) is 12.1 Å². The van der Waals surface area contributed by atoms with Crippen LogP contribution in [0.4, 0.5) is 0 Å². The van der Waals surface area contributed by atoms with Crippen molar-refractivity contribution in [2.75, 3.05) is 0 Å². The molecule has 0 saturated heterocycles. The summed E-state index contributed by atoms with van der Waals surface area (Å²) in [6, 6.07) is 8.51. The molecule has 1 aromatic rings. The predicted molar refractivity (Wildman–Crippen MR) is 52.8 cm³/mol. The van der Waals surface area contributed by atoms with E-state index in [4.69, 9.17) is 10.5 Å². The quantitative estimate of drug-likeness (QED) is 0.748. The van der Waals surface area contributed by atoms with Crippen molar-refractivity contribution in [2.45, 2.75) is 31.9 Å². The topological polar surface area (TPSA) is 35.2 Å². The molecule has 1 saturated carbocycles. The SMILES string of the molecule is Cc1ccc(O[C@H]2C[C@H](N)C2)cc1. The molecule has 2 nitrogen and oxygen atoms in total. The Hall–Kier alpha value is -1.02. The standard InChI is InChI=1S/C11H15NO/c1-8-2-4-10(5-3-8)13-11-6-9(12)7-11/h2-5,9,11H,6-7,12H2,1H3/t9-,11-. The molecule has 0 aromatic heterocycles. The average molecular weight is 177 g/mol. The van der Waals surface area contributed by atoms with Crippen LogP contribution in [0.3, 0.4) is 0 Å². The molecule has 1 aromatic carbocycles. The van der Waals surface area contributed by atoms with Gasteiger partial charge in [0.15, 0.2) is 0 Å². The lowest BCUT2D eigenvalue weighted by Gasteiger charge is -2.32. The van der Waals surface area contributed by atoms with Crippen molar-refractivity contribution < 1.29 is 4.74 Å². The molecule has 1 aliphatic carbocycles. The zero-order chi connectivity index (χ0) is 9.26. The Bertz CT molecular complexity index is 275. The van der Waals surface area contributed by atoms with Crippen LogP contribution < -0.4 is 10.5 Å². The maximum absolute atomic E-state index is 5.70. The van der Waals surface area contributed by atoms with E-state index >= 15 is 0 Å². The fourth-order valence-corrected chi connectivity index (χ4v) is 1.51. The number of rotatable bonds is 2. The normalized spacial score (nSPS) is 26.6. The molecule has 70 valence electrons. The van der Waals surface area contributed by atoms with E-state index in [-0.39, 0.29) is 0 Å². The van der Waals surface area contributed by atoms with Gasteiger partial charge in [-0.1, -0.05) is 17.7 Å². The minimum atomic E-state index is 0.345. The third-order valence-corrected chi connectivity index (χ3v) is 2.46. The molecule has 0 amide bonds. The molecule has 1 aliphatic rings. The molecule has 0 radical (unpaired) electrons. The Balaban J connectivity index is 1.91. The van der Waals surface area contributed by atoms with Crippen molar-refractivity contribution in [3.05, 3.63) is 29.8 Å². The summed E-state index contributed by atoms with van der Waals surface area (Å²) in [6.45, 7) is 2.07. The van der Waals surface area contributed by atoms with Crippen molar-refractivity contribution in [2.24, 2.45) is 5.73 Å². The first kappa shape index (κ1) is 8.57. The third-order valence-electron chi connectivity index (χ3n) is 2.46. The fourth-order valence-electron chi connectivity index (χ4n) is 1.51. The maximum Gasteiger partial charge on any atom is 0.119 e. The lowest BCUT2D eigenvalue weighted by atomic mass is 9.90. The van der Waals surface area contributed by atoms with E-state index in [0.29, 0.717) is 12.1 Å². The van der Waals surface area contributed by atoms with Gasteiger partial charge in [-0.3, -0.25) is 0 Å². The molecule has 0 unspecified atom stereocenters. The van der Waals surface area contributed by atoms with E-state index in [1.165, 1.54) is 5.56 Å². The van der Waals surface area contributed by atoms with Gasteiger partial charge in [0.25, 0.3) is 0 Å². The van der Waals surface area contributed by atoms with Gasteiger partial charge in [0.1, 0.15) is 11.9 Å². The summed E-state index contributed by atoms with van der Waals surface area (Å²) >= 11 is 0. The number of hydrogen-bond acceptors (Lipinski definition) is 2. The van der Waals surface area contributed by atoms with Crippen LogP contribution in [0.5, 0.6) is 5.75 Å². The van der Waals surface area contributed by atoms with Crippen molar-refractivity contribution in [1.29, 1.82) is 0 Å². The highest BCUT2D eigenvalue weighted by molar-refractivity contribution is 5.26. The highest BCUT2D eigenvalue weighted by Crippen LogP contribution is 2.24. The molecule has 0 bridgehead atoms. The van der Waals surface area contributed by atoms with Gasteiger partial charge in [-0.05, 0) is 31.9 Å². The largest absolute Gasteiger partial charge is 0.490 e. The Morgan fingerprint density at radius 3 is 2.38 bits per heavy atom. The zero-order valence-electron chi connectivity index (χ0n) is 7.86. The molecule has 0 aliphatic heterocycles. The van der Waals surface area contributed by atoms with Gasteiger partial charge in [-0.25, -0.2) is 0 Å². The Morgan fingerprint density at radius 1 is 1.23 bits per heavy atom. The molecule has 2 N–H and O–H groups in total. The predicted octanol–water partition coefficient (Wildman–Crippen LogP) is 1.86. The minimum Gasteiger partial charge on any atom is -0.490 e. The molecule has 2 rings (SSSR count). The zero-order valence-corrected chi connectivity index (χ0v) is 7.86. The van der Waals surface area contributed by atoms with Crippen LogP contribution in [0.1, 0.15) is 18.4 Å². The van der Waals surface area contributed by atoms with Gasteiger partial charge in [-0.2, -0.15) is 0 Å². The van der Waals surface area contributed by atoms with Gasteiger partial charge < -0.3 is 10.5 Å². The van der Waals surface area contributed by atoms with E-state index in [9.17, 15) is 0 Å². The first-order chi connectivity index (χ1) is 6.24. The third kappa shape index (κ3) is 2.01. The second kappa shape index (κ2) is 3.38. The summed E-state index contributed by atoms with van der Waals surface area (Å²) < 4.78 is 5.70. The van der Waals surface area contributed by atoms with Gasteiger partial charge >= 0.3 is 0 Å². The fraction of sp³-hybridized carbons (Fsp3) is 0.455. The maximum atomic E-state index is 5.70. The first-order valence-electron chi connectivity index (χ1n) is 4.73. The molecule has 0 heterocycles. The Labute approximate surface area is 78.7 Å². The van der Waals surface area contributed by atoms with Crippen molar-refractivity contribution in [3.63, 3.8) is 0 Å². The molecule has 13 heavy (non-hydrogen) atoms. The smallest absolute Gasteiger partial charge is 0.119 e. The van der Waals surface area contributed by atoms with Crippen LogP contribution in [0.2, 0.25) is 0 Å². The monoisotopic (exact) mass is 177 g/mol. The minimum absolute atomic E-state index is 0.345. The summed E-state index contributed by atoms with van der Waals surface area (Å²) in [7, 11) is 0. The lowest BCUT2D eigenvalue weighted by molar-refractivity contribution is 0.101. The van der Waals surface area contributed by atoms with Gasteiger partial charge in [-0.15, -0.1) is 0 Å². The summed E-state index contributed by atoms with van der Waals surface area (Å²) in [4.78, 5) is 0. The molecular weight excluding hydrogens is 162 g/mol. The van der Waals surface area contributed by atoms with Crippen LogP contribution in [-0.4, -0.2) is 12.1 Å². The molecule has 0 atom stereocenters. The van der Waals surface area contributed by atoms with E-state index in [0.717, 1.165) is 18.6 Å². The van der Waals surface area contributed by atoms with Gasteiger partial charge in [0, 0.05) is 6.04 Å². The van der Waals surface area contributed by atoms with Crippen LogP contribution in [0, 0.1) is 6.92 Å². The highest BCUT2D eigenvalue weighted by Gasteiger charge is 2.27. The Morgan fingerprint density at radius 2 is 1.85 bits per heavy atom. The van der Waals surface area contributed by atoms with Gasteiger partial charge in [0.05, 0.1) is 0 Å². The first-order valence-corrected chi connectivity index (χ1v) is 4.73. The average Bonchev–Trinajstić information content (AvgIpc) is 2.06. The molecular formula is C11H15NO. The number of nitrogens with two attached hydrogens (primary N) is 1. The highest BCUT2D eigenvalue weighted by atomic mass is 16.5. The second-order valence-electron chi connectivity index (χ2n) is 3.78. The molecule has 1 fully saturated rings. The van der Waals surface area contributed by atoms with Gasteiger partial charge in [0.2, 0.25) is 0 Å². The van der Waals surface area contributed by atoms with E-state index in [1.54, 1.807) is 0 Å². The second-order valence-corrected chi connectivity index (χ2v) is 3.78. The molecule has 2 heteroatoms. The lowest BCUT2D eigenvalue weighted by Crippen LogP contribution is -2.43. The van der Waals surface area contributed by atoms with Crippen molar-refractivity contribution in [1.82, 2.24) is 0 Å². The van der Waals surface area contributed by atoms with Crippen LogP contribution in [-0.2, 0) is 0 Å². The number of aryl methyl sites for hydroxylation is 1. The summed E-state index contributed by atoms with van der Waals surface area (Å²) in [6.07, 6.45) is 2.33. The van der Waals surface area contributed by atoms with Crippen molar-refractivity contribution in [3.8, 4) is 5.75 Å². The van der Waals surface area contributed by atoms with Crippen LogP contribution >= 0.6 is 0 Å². The van der Waals surface area contributed by atoms with Crippen LogP contribution in [0.15, 0.2) is 24.3 Å². The summed E-state index contributed by atoms with van der Waals surface area (Å²) in [5.41, 5.74) is 6.93. The summed E-state index contributed by atoms with van der Waals surface area (Å²) in [5, 5.41) is 0. The Kier molecular flexibility index (Phi) is 2.23. The number of benzene rings is 1. The number of ether oxygens (including phenoxy) is 1. The number of hydrogen-bond donors (Lipinski definition) is 1. The van der Waals surface area contributed by atoms with Crippen molar-refractivity contribution >= 4 is 0 Å². The van der Waals surface area contributed by atoms with Crippen LogP contribution in [0.25, 0.3) is 0 Å². The van der Waals surface area contributed by atoms with E-state index < -0.39 is 0 Å². The summed E-state index contributed by atoms with van der Waals surface area (Å²) in [5.74, 6) is 0.961.